The van der Waals surface area contributed by atoms with E-state index in [0.717, 1.165) is 50.0 Å². The summed E-state index contributed by atoms with van der Waals surface area (Å²) in [6.07, 6.45) is 5.32. The Morgan fingerprint density at radius 2 is 2.29 bits per heavy atom. The van der Waals surface area contributed by atoms with Gasteiger partial charge in [0.2, 0.25) is 5.91 Å². The Kier molecular flexibility index (Phi) is 3.03. The highest BCUT2D eigenvalue weighted by Crippen LogP contribution is 2.46. The molecule has 1 amide bonds. The Hall–Kier alpha value is -1.42. The fourth-order valence-electron chi connectivity index (χ4n) is 4.50. The van der Waals surface area contributed by atoms with Crippen molar-refractivity contribution < 1.29 is 9.18 Å². The third-order valence-corrected chi connectivity index (χ3v) is 5.65. The van der Waals surface area contributed by atoms with Crippen LogP contribution in [0.5, 0.6) is 0 Å². The highest BCUT2D eigenvalue weighted by molar-refractivity contribution is 6.00. The number of fused-ring (bicyclic) bond motifs is 2. The van der Waals surface area contributed by atoms with E-state index in [4.69, 9.17) is 0 Å². The van der Waals surface area contributed by atoms with Gasteiger partial charge in [0.25, 0.3) is 0 Å². The van der Waals surface area contributed by atoms with Gasteiger partial charge in [-0.1, -0.05) is 18.9 Å². The predicted octanol–water partition coefficient (Wildman–Crippen LogP) is 2.49. The Balaban J connectivity index is 1.69. The van der Waals surface area contributed by atoms with E-state index in [0.29, 0.717) is 12.5 Å². The first-order valence-corrected chi connectivity index (χ1v) is 8.02. The number of carbonyl (C=O) groups is 1. The Morgan fingerprint density at radius 1 is 1.38 bits per heavy atom. The number of hydrogen-bond donors (Lipinski definition) is 1. The number of hydrogen-bond acceptors (Lipinski definition) is 2. The maximum absolute atomic E-state index is 13.6. The molecule has 21 heavy (non-hydrogen) atoms. The first-order chi connectivity index (χ1) is 10.2. The molecule has 0 unspecified atom stereocenters. The Morgan fingerprint density at radius 3 is 3.19 bits per heavy atom. The molecule has 4 rings (SSSR count). The van der Waals surface area contributed by atoms with Gasteiger partial charge in [0, 0.05) is 18.8 Å². The van der Waals surface area contributed by atoms with Crippen LogP contribution in [0.4, 0.5) is 10.1 Å². The summed E-state index contributed by atoms with van der Waals surface area (Å²) in [6, 6.07) is 4.84. The number of carbonyl (C=O) groups excluding carboxylic acids is 1. The van der Waals surface area contributed by atoms with Gasteiger partial charge in [0.15, 0.2) is 0 Å². The fourth-order valence-corrected chi connectivity index (χ4v) is 4.50. The summed E-state index contributed by atoms with van der Waals surface area (Å²) in [5.74, 6) is 0.425. The topological polar surface area (TPSA) is 32.3 Å². The lowest BCUT2D eigenvalue weighted by molar-refractivity contribution is -0.131. The molecule has 2 aliphatic heterocycles. The molecule has 4 heteroatoms. The first-order valence-electron chi connectivity index (χ1n) is 8.02. The molecule has 1 aromatic rings. The third-order valence-electron chi connectivity index (χ3n) is 5.65. The van der Waals surface area contributed by atoms with Crippen LogP contribution in [-0.2, 0) is 11.2 Å². The number of rotatable bonds is 1. The second-order valence-electron chi connectivity index (χ2n) is 6.71. The van der Waals surface area contributed by atoms with Crippen molar-refractivity contribution in [3.63, 3.8) is 0 Å². The lowest BCUT2D eigenvalue weighted by Gasteiger charge is -2.40. The number of nitrogens with zero attached hydrogens (tertiary/aromatic N) is 1. The molecule has 3 aliphatic rings. The molecule has 3 nitrogen and oxygen atoms in total. The van der Waals surface area contributed by atoms with Crippen molar-refractivity contribution in [2.24, 2.45) is 11.3 Å². The molecule has 0 aromatic heterocycles. The second kappa shape index (κ2) is 4.80. The molecule has 0 bridgehead atoms. The van der Waals surface area contributed by atoms with Crippen LogP contribution < -0.4 is 10.2 Å². The molecular weight excluding hydrogens is 267 g/mol. The van der Waals surface area contributed by atoms with Gasteiger partial charge < -0.3 is 10.2 Å². The molecule has 1 aromatic carbocycles. The Bertz CT molecular complexity index is 588. The van der Waals surface area contributed by atoms with Crippen molar-refractivity contribution in [1.29, 1.82) is 0 Å². The second-order valence-corrected chi connectivity index (χ2v) is 6.71. The molecular formula is C17H21FN2O. The van der Waals surface area contributed by atoms with Crippen LogP contribution in [0.15, 0.2) is 18.2 Å². The van der Waals surface area contributed by atoms with Crippen molar-refractivity contribution in [3.05, 3.63) is 29.6 Å². The van der Waals surface area contributed by atoms with Gasteiger partial charge in [0.05, 0.1) is 5.41 Å². The highest BCUT2D eigenvalue weighted by Gasteiger charge is 2.52. The molecule has 1 saturated heterocycles. The van der Waals surface area contributed by atoms with Crippen molar-refractivity contribution in [1.82, 2.24) is 5.32 Å². The molecule has 0 radical (unpaired) electrons. The molecule has 0 spiro atoms. The van der Waals surface area contributed by atoms with E-state index in [2.05, 4.69) is 5.32 Å². The smallest absolute Gasteiger partial charge is 0.234 e. The summed E-state index contributed by atoms with van der Waals surface area (Å²) >= 11 is 0. The molecule has 1 N–H and O–H groups in total. The third kappa shape index (κ3) is 1.92. The zero-order valence-electron chi connectivity index (χ0n) is 12.2. The largest absolute Gasteiger partial charge is 0.315 e. The number of halogens is 1. The summed E-state index contributed by atoms with van der Waals surface area (Å²) < 4.78 is 13.6. The summed E-state index contributed by atoms with van der Waals surface area (Å²) in [5.41, 5.74) is 1.65. The average Bonchev–Trinajstić information content (AvgIpc) is 3.10. The monoisotopic (exact) mass is 288 g/mol. The van der Waals surface area contributed by atoms with Crippen LogP contribution >= 0.6 is 0 Å². The van der Waals surface area contributed by atoms with Crippen LogP contribution in [0.1, 0.15) is 31.2 Å². The average molecular weight is 288 g/mol. The minimum absolute atomic E-state index is 0.224. The van der Waals surface area contributed by atoms with Gasteiger partial charge in [-0.2, -0.15) is 0 Å². The lowest BCUT2D eigenvalue weighted by Crippen LogP contribution is -2.49. The number of amides is 1. The normalized spacial score (nSPS) is 31.1. The van der Waals surface area contributed by atoms with Gasteiger partial charge in [-0.05, 0) is 49.4 Å². The quantitative estimate of drug-likeness (QED) is 0.861. The standard InChI is InChI=1S/C17H21FN2O/c18-14-5-4-12-6-8-20(15(12)9-14)16(21)17-7-2-1-3-13(17)10-19-11-17/h4-5,9,13,19H,1-3,6-8,10-11H2/t13-,17+/m0/s1. The van der Waals surface area contributed by atoms with E-state index in [1.54, 1.807) is 0 Å². The maximum atomic E-state index is 13.6. The number of benzene rings is 1. The van der Waals surface area contributed by atoms with Crippen LogP contribution in [0.25, 0.3) is 0 Å². The van der Waals surface area contributed by atoms with Gasteiger partial charge in [-0.15, -0.1) is 0 Å². The number of anilines is 1. The highest BCUT2D eigenvalue weighted by atomic mass is 19.1. The number of nitrogens with one attached hydrogen (secondary N) is 1. The van der Waals surface area contributed by atoms with Crippen molar-refractivity contribution in [2.75, 3.05) is 24.5 Å². The summed E-state index contributed by atoms with van der Waals surface area (Å²) in [5, 5.41) is 3.42. The van der Waals surface area contributed by atoms with Crippen molar-refractivity contribution in [3.8, 4) is 0 Å². The Labute approximate surface area is 124 Å². The van der Waals surface area contributed by atoms with Gasteiger partial charge in [-0.25, -0.2) is 4.39 Å². The molecule has 112 valence electrons. The van der Waals surface area contributed by atoms with Crippen LogP contribution in [-0.4, -0.2) is 25.5 Å². The van der Waals surface area contributed by atoms with Gasteiger partial charge >= 0.3 is 0 Å². The lowest BCUT2D eigenvalue weighted by atomic mass is 9.67. The fraction of sp³-hybridized carbons (Fsp3) is 0.588. The van der Waals surface area contributed by atoms with Crippen LogP contribution in [0, 0.1) is 17.2 Å². The van der Waals surface area contributed by atoms with Crippen LogP contribution in [0.3, 0.4) is 0 Å². The van der Waals surface area contributed by atoms with E-state index in [1.807, 2.05) is 11.0 Å². The zero-order chi connectivity index (χ0) is 14.4. The SMILES string of the molecule is O=C(N1CCc2ccc(F)cc21)[C@@]12CCCC[C@H]1CNC2. The predicted molar refractivity (Wildman–Crippen MR) is 79.7 cm³/mol. The minimum Gasteiger partial charge on any atom is -0.315 e. The van der Waals surface area contributed by atoms with Gasteiger partial charge in [0.1, 0.15) is 5.82 Å². The van der Waals surface area contributed by atoms with E-state index < -0.39 is 0 Å². The van der Waals surface area contributed by atoms with Crippen molar-refractivity contribution >= 4 is 11.6 Å². The molecule has 2 heterocycles. The maximum Gasteiger partial charge on any atom is 0.234 e. The van der Waals surface area contributed by atoms with E-state index in [9.17, 15) is 9.18 Å². The van der Waals surface area contributed by atoms with E-state index >= 15 is 0 Å². The van der Waals surface area contributed by atoms with Gasteiger partial charge in [-0.3, -0.25) is 4.79 Å². The van der Waals surface area contributed by atoms with E-state index in [1.165, 1.54) is 18.6 Å². The molecule has 2 atom stereocenters. The molecule has 1 aliphatic carbocycles. The van der Waals surface area contributed by atoms with Crippen LogP contribution in [0.2, 0.25) is 0 Å². The summed E-state index contributed by atoms with van der Waals surface area (Å²) in [4.78, 5) is 15.1. The molecule has 2 fully saturated rings. The summed E-state index contributed by atoms with van der Waals surface area (Å²) in [7, 11) is 0. The van der Waals surface area contributed by atoms with Crippen molar-refractivity contribution in [2.45, 2.75) is 32.1 Å². The summed E-state index contributed by atoms with van der Waals surface area (Å²) in [6.45, 7) is 2.44. The minimum atomic E-state index is -0.254. The first kappa shape index (κ1) is 13.3. The zero-order valence-corrected chi connectivity index (χ0v) is 12.2. The van der Waals surface area contributed by atoms with E-state index in [-0.39, 0.29) is 17.1 Å². The molecule has 1 saturated carbocycles.